The number of esters is 2. The molecule has 0 aliphatic carbocycles. The standard InChI is InChI=1S/C29H28O6/c1-4-5-26(27-18-19(2)28(30)35-27)33-24-16-10-22(11-17-24)29(31)34-25-14-8-21(9-15-25)20-6-12-23(32-3)13-7-20/h6-17,26-27H,2,4-5,18H2,1,3H3. The summed E-state index contributed by atoms with van der Waals surface area (Å²) in [5, 5.41) is 0. The topological polar surface area (TPSA) is 71.1 Å². The Morgan fingerprint density at radius 2 is 1.51 bits per heavy atom. The first-order valence-electron chi connectivity index (χ1n) is 11.6. The third-order valence-electron chi connectivity index (χ3n) is 5.85. The first kappa shape index (κ1) is 24.1. The lowest BCUT2D eigenvalue weighted by Gasteiger charge is -2.23. The van der Waals surface area contributed by atoms with Gasteiger partial charge in [-0.15, -0.1) is 0 Å². The summed E-state index contributed by atoms with van der Waals surface area (Å²) in [5.41, 5.74) is 2.92. The van der Waals surface area contributed by atoms with Crippen LogP contribution in [0, 0.1) is 0 Å². The highest BCUT2D eigenvalue weighted by Gasteiger charge is 2.34. The number of benzene rings is 3. The van der Waals surface area contributed by atoms with Crippen LogP contribution in [0.25, 0.3) is 11.1 Å². The molecule has 1 aliphatic rings. The molecule has 1 heterocycles. The van der Waals surface area contributed by atoms with Crippen LogP contribution in [0.5, 0.6) is 17.2 Å². The van der Waals surface area contributed by atoms with Crippen molar-refractivity contribution in [2.24, 2.45) is 0 Å². The summed E-state index contributed by atoms with van der Waals surface area (Å²) in [4.78, 5) is 24.3. The molecule has 3 aromatic carbocycles. The maximum Gasteiger partial charge on any atom is 0.343 e. The summed E-state index contributed by atoms with van der Waals surface area (Å²) >= 11 is 0. The quantitative estimate of drug-likeness (QED) is 0.216. The van der Waals surface area contributed by atoms with Gasteiger partial charge in [-0.05, 0) is 66.1 Å². The van der Waals surface area contributed by atoms with E-state index in [1.165, 1.54) is 0 Å². The molecule has 0 N–H and O–H groups in total. The number of carbonyl (C=O) groups is 2. The van der Waals surface area contributed by atoms with Crippen LogP contribution in [-0.4, -0.2) is 31.3 Å². The van der Waals surface area contributed by atoms with Gasteiger partial charge in [0.2, 0.25) is 0 Å². The maximum absolute atomic E-state index is 12.6. The molecule has 1 saturated heterocycles. The number of cyclic esters (lactones) is 1. The van der Waals surface area contributed by atoms with Crippen LogP contribution >= 0.6 is 0 Å². The van der Waals surface area contributed by atoms with Gasteiger partial charge in [-0.1, -0.05) is 44.2 Å². The third-order valence-corrected chi connectivity index (χ3v) is 5.85. The van der Waals surface area contributed by atoms with Crippen LogP contribution in [0.3, 0.4) is 0 Å². The highest BCUT2D eigenvalue weighted by atomic mass is 16.6. The SMILES string of the molecule is C=C1CC(C(CCC)Oc2ccc(C(=O)Oc3ccc(-c4ccc(OC)cc4)cc3)cc2)OC1=O. The van der Waals surface area contributed by atoms with Gasteiger partial charge in [0.25, 0.3) is 0 Å². The second-order valence-corrected chi connectivity index (χ2v) is 8.36. The number of hydrogen-bond donors (Lipinski definition) is 0. The van der Waals surface area contributed by atoms with Gasteiger partial charge >= 0.3 is 11.9 Å². The van der Waals surface area contributed by atoms with Crippen LogP contribution in [0.4, 0.5) is 0 Å². The fraction of sp³-hybridized carbons (Fsp3) is 0.241. The Morgan fingerprint density at radius 1 is 0.943 bits per heavy atom. The van der Waals surface area contributed by atoms with E-state index < -0.39 is 5.97 Å². The van der Waals surface area contributed by atoms with Crippen molar-refractivity contribution in [1.82, 2.24) is 0 Å². The van der Waals surface area contributed by atoms with Crippen molar-refractivity contribution in [3.05, 3.63) is 90.5 Å². The molecule has 4 rings (SSSR count). The molecule has 6 nitrogen and oxygen atoms in total. The summed E-state index contributed by atoms with van der Waals surface area (Å²) < 4.78 is 22.2. The van der Waals surface area contributed by atoms with E-state index in [2.05, 4.69) is 6.58 Å². The van der Waals surface area contributed by atoms with E-state index in [4.69, 9.17) is 18.9 Å². The van der Waals surface area contributed by atoms with Crippen LogP contribution in [0.1, 0.15) is 36.5 Å². The number of methoxy groups -OCH3 is 1. The van der Waals surface area contributed by atoms with Crippen LogP contribution < -0.4 is 14.2 Å². The molecule has 1 fully saturated rings. The summed E-state index contributed by atoms with van der Waals surface area (Å²) in [6.07, 6.45) is 1.46. The van der Waals surface area contributed by atoms with Gasteiger partial charge in [0, 0.05) is 12.0 Å². The Labute approximate surface area is 205 Å². The Morgan fingerprint density at radius 3 is 2.03 bits per heavy atom. The molecule has 1 aliphatic heterocycles. The molecule has 0 amide bonds. The number of hydrogen-bond acceptors (Lipinski definition) is 6. The van der Waals surface area contributed by atoms with Gasteiger partial charge in [-0.3, -0.25) is 0 Å². The molecule has 0 aromatic heterocycles. The Bertz CT molecular complexity index is 1160. The van der Waals surface area contributed by atoms with E-state index in [-0.39, 0.29) is 18.2 Å². The zero-order valence-electron chi connectivity index (χ0n) is 19.9. The van der Waals surface area contributed by atoms with E-state index in [1.54, 1.807) is 43.5 Å². The molecule has 6 heteroatoms. The molecule has 180 valence electrons. The summed E-state index contributed by atoms with van der Waals surface area (Å²) in [6.45, 7) is 5.79. The van der Waals surface area contributed by atoms with Gasteiger partial charge < -0.3 is 18.9 Å². The molecule has 0 saturated carbocycles. The van der Waals surface area contributed by atoms with Gasteiger partial charge in [-0.25, -0.2) is 9.59 Å². The molecular formula is C29H28O6. The zero-order valence-corrected chi connectivity index (χ0v) is 19.9. The average Bonchev–Trinajstić information content (AvgIpc) is 3.22. The van der Waals surface area contributed by atoms with Crippen molar-refractivity contribution >= 4 is 11.9 Å². The van der Waals surface area contributed by atoms with Crippen molar-refractivity contribution < 1.29 is 28.5 Å². The smallest absolute Gasteiger partial charge is 0.343 e. The molecular weight excluding hydrogens is 444 g/mol. The minimum Gasteiger partial charge on any atom is -0.497 e. The van der Waals surface area contributed by atoms with E-state index in [0.717, 1.165) is 29.7 Å². The fourth-order valence-corrected chi connectivity index (χ4v) is 3.91. The summed E-state index contributed by atoms with van der Waals surface area (Å²) in [6, 6.07) is 21.8. The van der Waals surface area contributed by atoms with Crippen LogP contribution in [-0.2, 0) is 9.53 Å². The first-order chi connectivity index (χ1) is 17.0. The van der Waals surface area contributed by atoms with E-state index >= 15 is 0 Å². The minimum absolute atomic E-state index is 0.273. The predicted octanol–water partition coefficient (Wildman–Crippen LogP) is 6.00. The van der Waals surface area contributed by atoms with Crippen molar-refractivity contribution in [2.75, 3.05) is 7.11 Å². The highest BCUT2D eigenvalue weighted by Crippen LogP contribution is 2.28. The summed E-state index contributed by atoms with van der Waals surface area (Å²) in [5.74, 6) is 1.02. The minimum atomic E-state index is -0.458. The zero-order chi connectivity index (χ0) is 24.8. The fourth-order valence-electron chi connectivity index (χ4n) is 3.91. The van der Waals surface area contributed by atoms with Crippen molar-refractivity contribution in [3.8, 4) is 28.4 Å². The Balaban J connectivity index is 1.36. The van der Waals surface area contributed by atoms with E-state index in [9.17, 15) is 9.59 Å². The molecule has 0 spiro atoms. The molecule has 3 aromatic rings. The normalized spacial score (nSPS) is 15.9. The third kappa shape index (κ3) is 5.90. The van der Waals surface area contributed by atoms with Crippen molar-refractivity contribution in [2.45, 2.75) is 38.4 Å². The van der Waals surface area contributed by atoms with Crippen LogP contribution in [0.15, 0.2) is 84.9 Å². The molecule has 0 radical (unpaired) electrons. The molecule has 35 heavy (non-hydrogen) atoms. The Hall–Kier alpha value is -4.06. The van der Waals surface area contributed by atoms with Gasteiger partial charge in [-0.2, -0.15) is 0 Å². The molecule has 2 unspecified atom stereocenters. The lowest BCUT2D eigenvalue weighted by molar-refractivity contribution is -0.142. The van der Waals surface area contributed by atoms with Gasteiger partial charge in [0.1, 0.15) is 29.5 Å². The monoisotopic (exact) mass is 472 g/mol. The molecule has 0 bridgehead atoms. The lowest BCUT2D eigenvalue weighted by Crippen LogP contribution is -2.31. The number of ether oxygens (including phenoxy) is 4. The second kappa shape index (κ2) is 10.9. The molecule has 2 atom stereocenters. The first-order valence-corrected chi connectivity index (χ1v) is 11.6. The predicted molar refractivity (Wildman–Crippen MR) is 133 cm³/mol. The van der Waals surface area contributed by atoms with Crippen molar-refractivity contribution in [3.63, 3.8) is 0 Å². The Kier molecular flexibility index (Phi) is 7.51. The largest absolute Gasteiger partial charge is 0.497 e. The highest BCUT2D eigenvalue weighted by molar-refractivity contribution is 5.91. The van der Waals surface area contributed by atoms with Crippen LogP contribution in [0.2, 0.25) is 0 Å². The second-order valence-electron chi connectivity index (χ2n) is 8.36. The maximum atomic E-state index is 12.6. The average molecular weight is 473 g/mol. The summed E-state index contributed by atoms with van der Waals surface area (Å²) in [7, 11) is 1.63. The van der Waals surface area contributed by atoms with Gasteiger partial charge in [0.15, 0.2) is 0 Å². The van der Waals surface area contributed by atoms with E-state index in [1.807, 2.05) is 43.3 Å². The lowest BCUT2D eigenvalue weighted by atomic mass is 10.0. The number of rotatable bonds is 9. The number of carbonyl (C=O) groups excluding carboxylic acids is 2. The van der Waals surface area contributed by atoms with E-state index in [0.29, 0.717) is 29.1 Å². The van der Waals surface area contributed by atoms with Gasteiger partial charge in [0.05, 0.1) is 12.7 Å². The van der Waals surface area contributed by atoms with Crippen molar-refractivity contribution in [1.29, 1.82) is 0 Å².